The number of anilines is 1. The molecule has 0 saturated heterocycles. The third kappa shape index (κ3) is 3.36. The van der Waals surface area contributed by atoms with E-state index in [0.29, 0.717) is 11.7 Å². The van der Waals surface area contributed by atoms with Gasteiger partial charge in [-0.15, -0.1) is 0 Å². The van der Waals surface area contributed by atoms with Gasteiger partial charge in [0.1, 0.15) is 5.82 Å². The summed E-state index contributed by atoms with van der Waals surface area (Å²) in [5, 5.41) is 0. The predicted molar refractivity (Wildman–Crippen MR) is 79.5 cm³/mol. The number of hydrogen-bond donors (Lipinski definition) is 1. The Hall–Kier alpha value is -1.87. The van der Waals surface area contributed by atoms with Crippen molar-refractivity contribution in [2.45, 2.75) is 32.0 Å². The Kier molecular flexibility index (Phi) is 3.70. The molecule has 104 valence electrons. The summed E-state index contributed by atoms with van der Waals surface area (Å²) in [7, 11) is 0. The van der Waals surface area contributed by atoms with E-state index in [1.165, 1.54) is 24.5 Å². The zero-order valence-corrected chi connectivity index (χ0v) is 11.4. The number of nitrogens with two attached hydrogens (primary N) is 1. The molecule has 1 aliphatic carbocycles. The maximum Gasteiger partial charge on any atom is 0.125 e. The lowest BCUT2D eigenvalue weighted by atomic mass is 10.1. The first-order valence-electron chi connectivity index (χ1n) is 7.03. The summed E-state index contributed by atoms with van der Waals surface area (Å²) >= 11 is 0. The van der Waals surface area contributed by atoms with Gasteiger partial charge in [-0.1, -0.05) is 30.3 Å². The number of halogens is 1. The minimum absolute atomic E-state index is 0.254. The van der Waals surface area contributed by atoms with Gasteiger partial charge >= 0.3 is 0 Å². The molecule has 1 aliphatic rings. The Labute approximate surface area is 119 Å². The summed E-state index contributed by atoms with van der Waals surface area (Å²) in [5.74, 6) is -0.254. The van der Waals surface area contributed by atoms with Gasteiger partial charge in [0.15, 0.2) is 0 Å². The Morgan fingerprint density at radius 3 is 2.35 bits per heavy atom. The molecule has 0 amide bonds. The zero-order valence-electron chi connectivity index (χ0n) is 11.4. The van der Waals surface area contributed by atoms with E-state index in [4.69, 9.17) is 5.73 Å². The largest absolute Gasteiger partial charge is 0.399 e. The van der Waals surface area contributed by atoms with Gasteiger partial charge in [0.2, 0.25) is 0 Å². The average Bonchev–Trinajstić information content (AvgIpc) is 3.22. The Balaban J connectivity index is 1.74. The van der Waals surface area contributed by atoms with Crippen molar-refractivity contribution in [3.8, 4) is 0 Å². The van der Waals surface area contributed by atoms with Crippen molar-refractivity contribution in [3.05, 3.63) is 65.5 Å². The molecule has 0 bridgehead atoms. The highest BCUT2D eigenvalue weighted by molar-refractivity contribution is 5.41. The summed E-state index contributed by atoms with van der Waals surface area (Å²) in [6.07, 6.45) is 2.47. The third-order valence-electron chi connectivity index (χ3n) is 3.66. The van der Waals surface area contributed by atoms with Crippen LogP contribution in [0, 0.1) is 5.82 Å². The summed E-state index contributed by atoms with van der Waals surface area (Å²) in [6, 6.07) is 15.8. The summed E-state index contributed by atoms with van der Waals surface area (Å²) in [5.41, 5.74) is 8.46. The van der Waals surface area contributed by atoms with Crippen molar-refractivity contribution < 1.29 is 4.39 Å². The molecule has 1 saturated carbocycles. The topological polar surface area (TPSA) is 29.3 Å². The molecule has 0 spiro atoms. The SMILES string of the molecule is Nc1cc(F)cc(CN(Cc2ccccc2)C2CC2)c1. The molecule has 0 atom stereocenters. The van der Waals surface area contributed by atoms with Crippen LogP contribution in [0.15, 0.2) is 48.5 Å². The molecule has 0 aromatic heterocycles. The van der Waals surface area contributed by atoms with Gasteiger partial charge in [0.05, 0.1) is 0 Å². The minimum atomic E-state index is -0.254. The second-order valence-electron chi connectivity index (χ2n) is 5.51. The quantitative estimate of drug-likeness (QED) is 0.842. The van der Waals surface area contributed by atoms with Crippen LogP contribution in [0.5, 0.6) is 0 Å². The van der Waals surface area contributed by atoms with Crippen molar-refractivity contribution in [2.24, 2.45) is 0 Å². The second-order valence-corrected chi connectivity index (χ2v) is 5.51. The normalized spacial score (nSPS) is 14.7. The first kappa shape index (κ1) is 13.1. The van der Waals surface area contributed by atoms with E-state index >= 15 is 0 Å². The van der Waals surface area contributed by atoms with Gasteiger partial charge < -0.3 is 5.73 Å². The fourth-order valence-electron chi connectivity index (χ4n) is 2.57. The predicted octanol–water partition coefficient (Wildman–Crippen LogP) is 3.57. The van der Waals surface area contributed by atoms with Crippen LogP contribution >= 0.6 is 0 Å². The van der Waals surface area contributed by atoms with Crippen LogP contribution in [0.25, 0.3) is 0 Å². The van der Waals surface area contributed by atoms with Crippen LogP contribution in [0.2, 0.25) is 0 Å². The molecular formula is C17H19FN2. The lowest BCUT2D eigenvalue weighted by Gasteiger charge is -2.22. The highest BCUT2D eigenvalue weighted by Crippen LogP contribution is 2.30. The third-order valence-corrected chi connectivity index (χ3v) is 3.66. The van der Waals surface area contributed by atoms with E-state index in [-0.39, 0.29) is 5.82 Å². The molecular weight excluding hydrogens is 251 g/mol. The zero-order chi connectivity index (χ0) is 13.9. The van der Waals surface area contributed by atoms with Gasteiger partial charge in [-0.25, -0.2) is 4.39 Å². The van der Waals surface area contributed by atoms with E-state index in [1.54, 1.807) is 6.07 Å². The van der Waals surface area contributed by atoms with Crippen LogP contribution in [0.4, 0.5) is 10.1 Å². The fourth-order valence-corrected chi connectivity index (χ4v) is 2.57. The van der Waals surface area contributed by atoms with E-state index in [2.05, 4.69) is 29.2 Å². The smallest absolute Gasteiger partial charge is 0.125 e. The number of nitrogen functional groups attached to an aromatic ring is 1. The van der Waals surface area contributed by atoms with Crippen LogP contribution in [0.1, 0.15) is 24.0 Å². The molecule has 2 N–H and O–H groups in total. The Morgan fingerprint density at radius 2 is 1.70 bits per heavy atom. The molecule has 0 radical (unpaired) electrons. The van der Waals surface area contributed by atoms with Crippen molar-refractivity contribution in [1.82, 2.24) is 4.90 Å². The monoisotopic (exact) mass is 270 g/mol. The first-order valence-corrected chi connectivity index (χ1v) is 7.03. The average molecular weight is 270 g/mol. The van der Waals surface area contributed by atoms with Crippen LogP contribution < -0.4 is 5.73 Å². The summed E-state index contributed by atoms with van der Waals surface area (Å²) in [4.78, 5) is 2.41. The number of hydrogen-bond acceptors (Lipinski definition) is 2. The van der Waals surface area contributed by atoms with Gasteiger partial charge in [-0.3, -0.25) is 4.90 Å². The minimum Gasteiger partial charge on any atom is -0.399 e. The van der Waals surface area contributed by atoms with Crippen LogP contribution in [-0.4, -0.2) is 10.9 Å². The molecule has 0 unspecified atom stereocenters. The van der Waals surface area contributed by atoms with E-state index in [1.807, 2.05) is 12.1 Å². The standard InChI is InChI=1S/C17H19FN2/c18-15-8-14(9-16(19)10-15)12-20(17-6-7-17)11-13-4-2-1-3-5-13/h1-5,8-10,17H,6-7,11-12,19H2. The highest BCUT2D eigenvalue weighted by Gasteiger charge is 2.28. The molecule has 2 aromatic carbocycles. The maximum absolute atomic E-state index is 13.4. The second kappa shape index (κ2) is 5.63. The molecule has 2 aromatic rings. The number of rotatable bonds is 5. The van der Waals surface area contributed by atoms with Gasteiger partial charge in [0.25, 0.3) is 0 Å². The van der Waals surface area contributed by atoms with E-state index in [9.17, 15) is 4.39 Å². The van der Waals surface area contributed by atoms with Crippen molar-refractivity contribution in [1.29, 1.82) is 0 Å². The maximum atomic E-state index is 13.4. The molecule has 0 aliphatic heterocycles. The van der Waals surface area contributed by atoms with E-state index < -0.39 is 0 Å². The molecule has 2 nitrogen and oxygen atoms in total. The molecule has 3 rings (SSSR count). The van der Waals surface area contributed by atoms with Crippen molar-refractivity contribution >= 4 is 5.69 Å². The molecule has 0 heterocycles. The molecule has 1 fully saturated rings. The van der Waals surface area contributed by atoms with Gasteiger partial charge in [0, 0.05) is 24.8 Å². The van der Waals surface area contributed by atoms with Crippen molar-refractivity contribution in [2.75, 3.05) is 5.73 Å². The summed E-state index contributed by atoms with van der Waals surface area (Å²) in [6.45, 7) is 1.66. The lowest BCUT2D eigenvalue weighted by molar-refractivity contribution is 0.245. The Morgan fingerprint density at radius 1 is 1.00 bits per heavy atom. The first-order chi connectivity index (χ1) is 9.70. The molecule has 20 heavy (non-hydrogen) atoms. The summed E-state index contributed by atoms with van der Waals surface area (Å²) < 4.78 is 13.4. The van der Waals surface area contributed by atoms with Crippen LogP contribution in [-0.2, 0) is 13.1 Å². The van der Waals surface area contributed by atoms with Crippen molar-refractivity contribution in [3.63, 3.8) is 0 Å². The molecule has 3 heteroatoms. The lowest BCUT2D eigenvalue weighted by Crippen LogP contribution is -2.25. The number of benzene rings is 2. The number of nitrogens with zero attached hydrogens (tertiary/aromatic N) is 1. The fraction of sp³-hybridized carbons (Fsp3) is 0.294. The highest BCUT2D eigenvalue weighted by atomic mass is 19.1. The Bertz CT molecular complexity index is 559. The van der Waals surface area contributed by atoms with Crippen LogP contribution in [0.3, 0.4) is 0 Å². The van der Waals surface area contributed by atoms with E-state index in [0.717, 1.165) is 18.7 Å². The van der Waals surface area contributed by atoms with Gasteiger partial charge in [-0.2, -0.15) is 0 Å². The van der Waals surface area contributed by atoms with Gasteiger partial charge in [-0.05, 0) is 42.2 Å².